The second kappa shape index (κ2) is 7.99. The van der Waals surface area contributed by atoms with Gasteiger partial charge in [-0.15, -0.1) is 0 Å². The molecule has 2 aromatic carbocycles. The molecule has 2 unspecified atom stereocenters. The molecule has 2 atom stereocenters. The van der Waals surface area contributed by atoms with Crippen LogP contribution < -0.4 is 14.8 Å². The van der Waals surface area contributed by atoms with Crippen LogP contribution in [0, 0.1) is 5.92 Å². The van der Waals surface area contributed by atoms with Crippen LogP contribution in [0.3, 0.4) is 0 Å². The number of allylic oxidation sites excluding steroid dienone is 3. The van der Waals surface area contributed by atoms with Gasteiger partial charge in [-0.2, -0.15) is 0 Å². The average molecular weight is 447 g/mol. The number of carbonyl (C=O) groups excluding carboxylic acids is 1. The summed E-state index contributed by atoms with van der Waals surface area (Å²) >= 11 is 0. The minimum atomic E-state index is -1.07. The number of dihydropyridines is 1. The second-order valence-corrected chi connectivity index (χ2v) is 8.97. The molecule has 1 aliphatic carbocycles. The van der Waals surface area contributed by atoms with Crippen LogP contribution in [-0.2, 0) is 9.59 Å². The number of carbonyl (C=O) groups is 2. The highest BCUT2D eigenvalue weighted by molar-refractivity contribution is 6.04. The van der Waals surface area contributed by atoms with Crippen LogP contribution in [0.25, 0.3) is 0 Å². The largest absolute Gasteiger partial charge is 0.508 e. The highest BCUT2D eigenvalue weighted by Crippen LogP contribution is 2.47. The van der Waals surface area contributed by atoms with Crippen LogP contribution in [0.5, 0.6) is 17.2 Å². The summed E-state index contributed by atoms with van der Waals surface area (Å²) in [6.45, 7) is 4.04. The van der Waals surface area contributed by atoms with Crippen LogP contribution in [0.4, 0.5) is 0 Å². The smallest absolute Gasteiger partial charge is 0.334 e. The van der Waals surface area contributed by atoms with Crippen LogP contribution in [0.15, 0.2) is 65.0 Å². The van der Waals surface area contributed by atoms with Gasteiger partial charge in [-0.05, 0) is 53.6 Å². The Morgan fingerprint density at radius 3 is 2.58 bits per heavy atom. The Morgan fingerprint density at radius 2 is 1.85 bits per heavy atom. The van der Waals surface area contributed by atoms with E-state index in [9.17, 15) is 19.8 Å². The second-order valence-electron chi connectivity index (χ2n) is 8.97. The lowest BCUT2D eigenvalue weighted by molar-refractivity contribution is -0.133. The summed E-state index contributed by atoms with van der Waals surface area (Å²) < 4.78 is 10.9. The van der Waals surface area contributed by atoms with Crippen LogP contribution in [-0.4, -0.2) is 28.8 Å². The maximum Gasteiger partial charge on any atom is 0.334 e. The summed E-state index contributed by atoms with van der Waals surface area (Å²) in [7, 11) is 0. The van der Waals surface area contributed by atoms with E-state index in [0.717, 1.165) is 11.3 Å². The number of aliphatic carboxylic acids is 1. The van der Waals surface area contributed by atoms with Crippen molar-refractivity contribution in [3.63, 3.8) is 0 Å². The molecule has 0 aromatic heterocycles. The predicted molar refractivity (Wildman–Crippen MR) is 120 cm³/mol. The molecule has 0 radical (unpaired) electrons. The Morgan fingerprint density at radius 1 is 1.06 bits per heavy atom. The molecule has 0 bridgehead atoms. The Balaban J connectivity index is 1.60. The molecule has 5 rings (SSSR count). The molecule has 0 saturated carbocycles. The fourth-order valence-corrected chi connectivity index (χ4v) is 5.05. The van der Waals surface area contributed by atoms with Crippen molar-refractivity contribution in [1.29, 1.82) is 0 Å². The van der Waals surface area contributed by atoms with E-state index in [4.69, 9.17) is 9.47 Å². The lowest BCUT2D eigenvalue weighted by Gasteiger charge is -2.38. The molecule has 0 amide bonds. The first-order valence-electron chi connectivity index (χ1n) is 11.0. The van der Waals surface area contributed by atoms with Crippen LogP contribution in [0.1, 0.15) is 49.7 Å². The van der Waals surface area contributed by atoms with Gasteiger partial charge in [0.1, 0.15) is 5.75 Å². The number of hydrogen-bond donors (Lipinski definition) is 3. The first-order valence-corrected chi connectivity index (χ1v) is 11.0. The zero-order chi connectivity index (χ0) is 23.3. The molecule has 7 nitrogen and oxygen atoms in total. The maximum absolute atomic E-state index is 13.5. The fourth-order valence-electron chi connectivity index (χ4n) is 5.05. The normalized spacial score (nSPS) is 21.8. The van der Waals surface area contributed by atoms with Crippen LogP contribution in [0.2, 0.25) is 0 Å². The third-order valence-corrected chi connectivity index (χ3v) is 6.54. The number of fused-ring (bicyclic) bond motifs is 1. The molecule has 2 heterocycles. The molecule has 3 aliphatic rings. The standard InChI is InChI=1S/C26H25NO6/c1-13(2)25-24(26(30)31)22(15-4-3-5-17(28)8-15)23-18(27-25)9-16(10-19(23)29)14-6-7-20-21(11-14)33-12-32-20/h3-8,11,13,16,22,27-28H,9-10,12H2,1-2H3,(H,30,31). The van der Waals surface area contributed by atoms with E-state index >= 15 is 0 Å². The first-order chi connectivity index (χ1) is 15.8. The highest BCUT2D eigenvalue weighted by Gasteiger charge is 2.42. The van der Waals surface area contributed by atoms with Crippen molar-refractivity contribution in [3.05, 3.63) is 76.1 Å². The zero-order valence-electron chi connectivity index (χ0n) is 18.4. The summed E-state index contributed by atoms with van der Waals surface area (Å²) in [5, 5.41) is 23.5. The number of Topliss-reactive ketones (excluding diaryl/α,β-unsaturated/α-hetero) is 1. The summed E-state index contributed by atoms with van der Waals surface area (Å²) in [6, 6.07) is 12.2. The third kappa shape index (κ3) is 3.63. The third-order valence-electron chi connectivity index (χ3n) is 6.54. The molecule has 2 aromatic rings. The molecule has 33 heavy (non-hydrogen) atoms. The quantitative estimate of drug-likeness (QED) is 0.645. The van der Waals surface area contributed by atoms with Gasteiger partial charge in [0.05, 0.1) is 5.57 Å². The molecular weight excluding hydrogens is 422 g/mol. The number of rotatable bonds is 4. The molecule has 0 spiro atoms. The van der Waals surface area contributed by atoms with Gasteiger partial charge < -0.3 is 25.0 Å². The van der Waals surface area contributed by atoms with Crippen molar-refractivity contribution in [2.24, 2.45) is 5.92 Å². The summed E-state index contributed by atoms with van der Waals surface area (Å²) in [5.41, 5.74) is 3.54. The van der Waals surface area contributed by atoms with Crippen molar-refractivity contribution in [2.45, 2.75) is 38.5 Å². The summed E-state index contributed by atoms with van der Waals surface area (Å²) in [6.07, 6.45) is 0.832. The van der Waals surface area contributed by atoms with Gasteiger partial charge in [0.2, 0.25) is 6.79 Å². The Bertz CT molecular complexity index is 1230. The Kier molecular flexibility index (Phi) is 5.12. The lowest BCUT2D eigenvalue weighted by Crippen LogP contribution is -2.37. The number of phenolic OH excluding ortho intramolecular Hbond substituents is 1. The van der Waals surface area contributed by atoms with Gasteiger partial charge in [-0.3, -0.25) is 4.79 Å². The monoisotopic (exact) mass is 447 g/mol. The molecule has 0 fully saturated rings. The SMILES string of the molecule is CC(C)C1=C(C(=O)O)C(c2cccc(O)c2)C2=C(CC(c3ccc4c(c3)OCO4)CC2=O)N1. The number of hydrogen-bond acceptors (Lipinski definition) is 6. The van der Waals surface area contributed by atoms with E-state index in [1.807, 2.05) is 32.0 Å². The van der Waals surface area contributed by atoms with Gasteiger partial charge in [-0.1, -0.05) is 32.0 Å². The molecule has 3 N–H and O–H groups in total. The van der Waals surface area contributed by atoms with Crippen molar-refractivity contribution < 1.29 is 29.3 Å². The van der Waals surface area contributed by atoms with E-state index < -0.39 is 11.9 Å². The fraction of sp³-hybridized carbons (Fsp3) is 0.308. The number of aromatic hydroxyl groups is 1. The number of benzene rings is 2. The average Bonchev–Trinajstić information content (AvgIpc) is 3.25. The first kappa shape index (κ1) is 21.1. The van der Waals surface area contributed by atoms with Gasteiger partial charge in [0.25, 0.3) is 0 Å². The van der Waals surface area contributed by atoms with E-state index in [1.165, 1.54) is 6.07 Å². The maximum atomic E-state index is 13.5. The number of nitrogens with one attached hydrogen (secondary N) is 1. The van der Waals surface area contributed by atoms with Gasteiger partial charge in [-0.25, -0.2) is 4.79 Å². The van der Waals surface area contributed by atoms with E-state index in [0.29, 0.717) is 34.8 Å². The molecule has 2 aliphatic heterocycles. The number of ketones is 1. The summed E-state index contributed by atoms with van der Waals surface area (Å²) in [5.74, 6) is -0.674. The van der Waals surface area contributed by atoms with Gasteiger partial charge >= 0.3 is 5.97 Å². The number of carboxylic acid groups (broad SMARTS) is 1. The molecular formula is C26H25NO6. The van der Waals surface area contributed by atoms with E-state index in [-0.39, 0.29) is 42.2 Å². The van der Waals surface area contributed by atoms with Gasteiger partial charge in [0, 0.05) is 29.3 Å². The molecule has 7 heteroatoms. The topological polar surface area (TPSA) is 105 Å². The van der Waals surface area contributed by atoms with Crippen molar-refractivity contribution >= 4 is 11.8 Å². The van der Waals surface area contributed by atoms with Crippen LogP contribution >= 0.6 is 0 Å². The van der Waals surface area contributed by atoms with Gasteiger partial charge in [0.15, 0.2) is 17.3 Å². The van der Waals surface area contributed by atoms with Crippen molar-refractivity contribution in [2.75, 3.05) is 6.79 Å². The minimum Gasteiger partial charge on any atom is -0.508 e. The van der Waals surface area contributed by atoms with E-state index in [1.54, 1.807) is 18.2 Å². The predicted octanol–water partition coefficient (Wildman–Crippen LogP) is 4.20. The molecule has 0 saturated heterocycles. The number of carboxylic acids is 1. The van der Waals surface area contributed by atoms with E-state index in [2.05, 4.69) is 5.32 Å². The van der Waals surface area contributed by atoms with Crippen molar-refractivity contribution in [3.8, 4) is 17.2 Å². The minimum absolute atomic E-state index is 0.0329. The zero-order valence-corrected chi connectivity index (χ0v) is 18.4. The lowest BCUT2D eigenvalue weighted by atomic mass is 9.71. The number of ether oxygens (including phenoxy) is 2. The molecule has 170 valence electrons. The number of phenols is 1. The Labute approximate surface area is 191 Å². The van der Waals surface area contributed by atoms with Crippen molar-refractivity contribution in [1.82, 2.24) is 5.32 Å². The summed E-state index contributed by atoms with van der Waals surface area (Å²) in [4.78, 5) is 25.9. The highest BCUT2D eigenvalue weighted by atomic mass is 16.7. The Hall–Kier alpha value is -3.74.